The molecule has 0 amide bonds. The smallest absolute Gasteiger partial charge is 0.194 e. The highest BCUT2D eigenvalue weighted by molar-refractivity contribution is 14.0. The Balaban J connectivity index is 0.00000392. The molecule has 0 aliphatic carbocycles. The second kappa shape index (κ2) is 13.5. The van der Waals surface area contributed by atoms with E-state index in [1.165, 1.54) is 12.1 Å². The van der Waals surface area contributed by atoms with Gasteiger partial charge >= 0.3 is 0 Å². The maximum atomic E-state index is 13.4. The molecule has 7 heteroatoms. The molecule has 1 unspecified atom stereocenters. The van der Waals surface area contributed by atoms with Crippen molar-refractivity contribution in [3.8, 4) is 0 Å². The van der Waals surface area contributed by atoms with Crippen molar-refractivity contribution in [2.24, 2.45) is 4.99 Å². The molecule has 1 atom stereocenters. The lowest BCUT2D eigenvalue weighted by molar-refractivity contribution is 0.0330. The fourth-order valence-electron chi connectivity index (χ4n) is 2.59. The van der Waals surface area contributed by atoms with E-state index in [-0.39, 0.29) is 42.9 Å². The Labute approximate surface area is 183 Å². The van der Waals surface area contributed by atoms with Crippen LogP contribution in [0, 0.1) is 5.82 Å². The average molecular weight is 501 g/mol. The highest BCUT2D eigenvalue weighted by Crippen LogP contribution is 2.07. The van der Waals surface area contributed by atoms with Crippen molar-refractivity contribution in [2.75, 3.05) is 26.7 Å². The fraction of sp³-hybridized carbons (Fsp3) is 0.381. The molecule has 0 spiro atoms. The van der Waals surface area contributed by atoms with Crippen LogP contribution in [0.25, 0.3) is 0 Å². The molecule has 5 nitrogen and oxygen atoms in total. The number of hydrogen-bond acceptors (Lipinski definition) is 3. The van der Waals surface area contributed by atoms with Gasteiger partial charge in [-0.15, -0.1) is 24.0 Å². The summed E-state index contributed by atoms with van der Waals surface area (Å²) in [7, 11) is 1.88. The van der Waals surface area contributed by atoms with Gasteiger partial charge in [0.1, 0.15) is 5.82 Å². The molecule has 0 saturated carbocycles. The number of aliphatic imine (C=N–C) groups is 1. The van der Waals surface area contributed by atoms with Crippen molar-refractivity contribution in [2.45, 2.75) is 26.2 Å². The van der Waals surface area contributed by atoms with Crippen LogP contribution < -0.4 is 5.32 Å². The summed E-state index contributed by atoms with van der Waals surface area (Å²) in [6.45, 7) is 4.10. The summed E-state index contributed by atoms with van der Waals surface area (Å²) in [5.41, 5.74) is 1.92. The third-order valence-corrected chi connectivity index (χ3v) is 3.88. The quantitative estimate of drug-likeness (QED) is 0.314. The van der Waals surface area contributed by atoms with Crippen molar-refractivity contribution in [3.05, 3.63) is 71.5 Å². The monoisotopic (exact) mass is 501 g/mol. The first-order chi connectivity index (χ1) is 13.1. The number of aliphatic hydroxyl groups is 1. The van der Waals surface area contributed by atoms with E-state index in [9.17, 15) is 9.50 Å². The van der Waals surface area contributed by atoms with Gasteiger partial charge in [-0.05, 0) is 30.2 Å². The van der Waals surface area contributed by atoms with E-state index in [2.05, 4.69) is 10.3 Å². The predicted octanol–water partition coefficient (Wildman–Crippen LogP) is 3.42. The molecule has 2 aromatic carbocycles. The number of nitrogens with one attached hydrogen (secondary N) is 1. The van der Waals surface area contributed by atoms with Crippen molar-refractivity contribution < 1.29 is 14.2 Å². The van der Waals surface area contributed by atoms with Gasteiger partial charge in [0.05, 0.1) is 25.9 Å². The molecule has 2 rings (SSSR count). The number of nitrogens with zero attached hydrogens (tertiary/aromatic N) is 2. The van der Waals surface area contributed by atoms with Crippen LogP contribution in [0.4, 0.5) is 4.39 Å². The topological polar surface area (TPSA) is 57.1 Å². The molecule has 0 saturated heterocycles. The predicted molar refractivity (Wildman–Crippen MR) is 121 cm³/mol. The molecule has 2 aromatic rings. The van der Waals surface area contributed by atoms with Gasteiger partial charge in [-0.25, -0.2) is 4.39 Å². The Morgan fingerprint density at radius 3 is 2.57 bits per heavy atom. The zero-order valence-electron chi connectivity index (χ0n) is 16.3. The second-order valence-corrected chi connectivity index (χ2v) is 6.34. The van der Waals surface area contributed by atoms with Crippen LogP contribution in [-0.4, -0.2) is 48.8 Å². The van der Waals surface area contributed by atoms with E-state index in [1.807, 2.05) is 55.3 Å². The molecule has 0 heterocycles. The summed E-state index contributed by atoms with van der Waals surface area (Å²) in [5, 5.41) is 13.3. The third kappa shape index (κ3) is 8.99. The van der Waals surface area contributed by atoms with Crippen LogP contribution in [0.2, 0.25) is 0 Å². The van der Waals surface area contributed by atoms with Crippen molar-refractivity contribution in [1.82, 2.24) is 10.2 Å². The van der Waals surface area contributed by atoms with Gasteiger partial charge in [-0.2, -0.15) is 0 Å². The molecular formula is C21H29FIN3O2. The lowest BCUT2D eigenvalue weighted by Crippen LogP contribution is -2.39. The van der Waals surface area contributed by atoms with E-state index < -0.39 is 6.10 Å². The Morgan fingerprint density at radius 1 is 1.18 bits per heavy atom. The summed E-state index contributed by atoms with van der Waals surface area (Å²) < 4.78 is 18.9. The summed E-state index contributed by atoms with van der Waals surface area (Å²) in [5.74, 6) is 0.401. The minimum Gasteiger partial charge on any atom is -0.389 e. The van der Waals surface area contributed by atoms with Crippen LogP contribution in [0.15, 0.2) is 59.6 Å². The first-order valence-electron chi connectivity index (χ1n) is 9.12. The Kier molecular flexibility index (Phi) is 11.7. The van der Waals surface area contributed by atoms with E-state index in [0.29, 0.717) is 25.7 Å². The Morgan fingerprint density at radius 2 is 1.89 bits per heavy atom. The van der Waals surface area contributed by atoms with Crippen LogP contribution >= 0.6 is 24.0 Å². The Bertz CT molecular complexity index is 716. The number of benzene rings is 2. The van der Waals surface area contributed by atoms with Gasteiger partial charge in [0, 0.05) is 20.1 Å². The minimum atomic E-state index is -0.690. The molecule has 0 aliphatic heterocycles. The van der Waals surface area contributed by atoms with Crippen molar-refractivity contribution in [3.63, 3.8) is 0 Å². The molecule has 2 N–H and O–H groups in total. The zero-order chi connectivity index (χ0) is 19.5. The largest absolute Gasteiger partial charge is 0.389 e. The molecular weight excluding hydrogens is 472 g/mol. The molecule has 28 heavy (non-hydrogen) atoms. The standard InChI is InChI=1S/C21H28FN3O2.HI/c1-3-23-21(25(2)14-18-10-7-11-19(22)12-18)24-13-20(26)16-27-15-17-8-5-4-6-9-17;/h4-12,20,26H,3,13-16H2,1-2H3,(H,23,24);1H. The summed E-state index contributed by atoms with van der Waals surface area (Å²) in [4.78, 5) is 6.36. The van der Waals surface area contributed by atoms with Crippen LogP contribution in [0.3, 0.4) is 0 Å². The molecule has 0 radical (unpaired) electrons. The zero-order valence-corrected chi connectivity index (χ0v) is 18.7. The third-order valence-electron chi connectivity index (χ3n) is 3.88. The van der Waals surface area contributed by atoms with E-state index in [4.69, 9.17) is 4.74 Å². The number of guanidine groups is 1. The van der Waals surface area contributed by atoms with Gasteiger partial charge in [-0.3, -0.25) is 4.99 Å². The number of halogens is 2. The van der Waals surface area contributed by atoms with Gasteiger partial charge < -0.3 is 20.1 Å². The second-order valence-electron chi connectivity index (χ2n) is 6.34. The first kappa shape index (κ1) is 24.3. The van der Waals surface area contributed by atoms with Gasteiger partial charge in [0.25, 0.3) is 0 Å². The fourth-order valence-corrected chi connectivity index (χ4v) is 2.59. The summed E-state index contributed by atoms with van der Waals surface area (Å²) >= 11 is 0. The maximum Gasteiger partial charge on any atom is 0.194 e. The van der Waals surface area contributed by atoms with E-state index in [1.54, 1.807) is 6.07 Å². The van der Waals surface area contributed by atoms with E-state index in [0.717, 1.165) is 11.1 Å². The maximum absolute atomic E-state index is 13.4. The molecule has 0 fully saturated rings. The average Bonchev–Trinajstić information content (AvgIpc) is 2.66. The highest BCUT2D eigenvalue weighted by Gasteiger charge is 2.09. The van der Waals surface area contributed by atoms with E-state index >= 15 is 0 Å². The molecule has 154 valence electrons. The van der Waals surface area contributed by atoms with Crippen molar-refractivity contribution in [1.29, 1.82) is 0 Å². The number of aliphatic hydroxyl groups excluding tert-OH is 1. The molecule has 0 bridgehead atoms. The van der Waals surface area contributed by atoms with Crippen LogP contribution in [-0.2, 0) is 17.9 Å². The lowest BCUT2D eigenvalue weighted by Gasteiger charge is -2.22. The van der Waals surface area contributed by atoms with Crippen LogP contribution in [0.1, 0.15) is 18.1 Å². The minimum absolute atomic E-state index is 0. The SMILES string of the molecule is CCNC(=NCC(O)COCc1ccccc1)N(C)Cc1cccc(F)c1.I. The van der Waals surface area contributed by atoms with Crippen molar-refractivity contribution >= 4 is 29.9 Å². The van der Waals surface area contributed by atoms with Gasteiger partial charge in [0.2, 0.25) is 0 Å². The number of rotatable bonds is 9. The van der Waals surface area contributed by atoms with Crippen LogP contribution in [0.5, 0.6) is 0 Å². The highest BCUT2D eigenvalue weighted by atomic mass is 127. The summed E-state index contributed by atoms with van der Waals surface area (Å²) in [6.07, 6.45) is -0.690. The van der Waals surface area contributed by atoms with Gasteiger partial charge in [-0.1, -0.05) is 42.5 Å². The molecule has 0 aromatic heterocycles. The number of ether oxygens (including phenoxy) is 1. The normalized spacial score (nSPS) is 12.2. The lowest BCUT2D eigenvalue weighted by atomic mass is 10.2. The number of hydrogen-bond donors (Lipinski definition) is 2. The Hall–Kier alpha value is -1.71. The summed E-state index contributed by atoms with van der Waals surface area (Å²) in [6, 6.07) is 16.3. The molecule has 0 aliphatic rings. The van der Waals surface area contributed by atoms with Gasteiger partial charge in [0.15, 0.2) is 5.96 Å². The first-order valence-corrected chi connectivity index (χ1v) is 9.12.